The maximum absolute atomic E-state index is 10.5. The monoisotopic (exact) mass is 350 g/mol. The van der Waals surface area contributed by atoms with Gasteiger partial charge in [0.1, 0.15) is 6.29 Å². The topological polar surface area (TPSA) is 17.1 Å². The van der Waals surface area contributed by atoms with E-state index < -0.39 is 0 Å². The van der Waals surface area contributed by atoms with Gasteiger partial charge in [0, 0.05) is 0 Å². The number of allylic oxidation sites excluding steroid dienone is 14. The molecule has 140 valence electrons. The van der Waals surface area contributed by atoms with E-state index >= 15 is 0 Å². The van der Waals surface area contributed by atoms with Crippen molar-refractivity contribution in [2.24, 2.45) is 5.41 Å². The largest absolute Gasteiger partial charge is 0.298 e. The molecule has 1 aliphatic carbocycles. The Kier molecular flexibility index (Phi) is 9.05. The van der Waals surface area contributed by atoms with Gasteiger partial charge in [-0.15, -0.1) is 0 Å². The minimum Gasteiger partial charge on any atom is -0.298 e. The maximum Gasteiger partial charge on any atom is 0.145 e. The molecule has 0 N–H and O–H groups in total. The van der Waals surface area contributed by atoms with Crippen LogP contribution in [0.5, 0.6) is 0 Å². The van der Waals surface area contributed by atoms with E-state index in [1.807, 2.05) is 18.2 Å². The number of hydrogen-bond acceptors (Lipinski definition) is 1. The van der Waals surface area contributed by atoms with Crippen LogP contribution in [0.3, 0.4) is 0 Å². The van der Waals surface area contributed by atoms with Gasteiger partial charge in [0.15, 0.2) is 0 Å². The highest BCUT2D eigenvalue weighted by atomic mass is 16.1. The Morgan fingerprint density at radius 1 is 0.885 bits per heavy atom. The molecule has 0 saturated heterocycles. The lowest BCUT2D eigenvalue weighted by Gasteiger charge is -2.32. The molecule has 0 bridgehead atoms. The van der Waals surface area contributed by atoms with Crippen molar-refractivity contribution >= 4 is 6.29 Å². The average molecular weight is 351 g/mol. The van der Waals surface area contributed by atoms with Crippen molar-refractivity contribution in [3.8, 4) is 0 Å². The highest BCUT2D eigenvalue weighted by Gasteiger charge is 2.26. The lowest BCUT2D eigenvalue weighted by molar-refractivity contribution is -0.104. The van der Waals surface area contributed by atoms with Gasteiger partial charge in [-0.05, 0) is 63.5 Å². The predicted octanol–water partition coefficient (Wildman–Crippen LogP) is 7.22. The van der Waals surface area contributed by atoms with E-state index in [1.165, 1.54) is 41.6 Å². The molecule has 0 aromatic rings. The van der Waals surface area contributed by atoms with Crippen LogP contribution in [-0.2, 0) is 4.79 Å². The van der Waals surface area contributed by atoms with E-state index in [9.17, 15) is 4.79 Å². The van der Waals surface area contributed by atoms with Crippen LogP contribution in [0, 0.1) is 5.41 Å². The van der Waals surface area contributed by atoms with E-state index in [0.717, 1.165) is 11.9 Å². The van der Waals surface area contributed by atoms with Crippen LogP contribution >= 0.6 is 0 Å². The Bertz CT molecular complexity index is 700. The first-order valence-electron chi connectivity index (χ1n) is 9.46. The van der Waals surface area contributed by atoms with Gasteiger partial charge >= 0.3 is 0 Å². The molecule has 0 aromatic heterocycles. The molecule has 1 rings (SSSR count). The molecular weight excluding hydrogens is 316 g/mol. The summed E-state index contributed by atoms with van der Waals surface area (Å²) in [6.07, 6.45) is 23.2. The zero-order valence-corrected chi connectivity index (χ0v) is 17.3. The SMILES string of the molecule is CC1=C(/C=C/C(C)=C\C=C\C(C)=C\C=C\C=C(/C)C=O)C(C)(C)CCC1. The van der Waals surface area contributed by atoms with Crippen molar-refractivity contribution < 1.29 is 4.79 Å². The Morgan fingerprint density at radius 2 is 1.46 bits per heavy atom. The molecule has 1 aliphatic rings. The van der Waals surface area contributed by atoms with Gasteiger partial charge < -0.3 is 0 Å². The van der Waals surface area contributed by atoms with Crippen LogP contribution < -0.4 is 0 Å². The van der Waals surface area contributed by atoms with Gasteiger partial charge in [-0.3, -0.25) is 4.79 Å². The van der Waals surface area contributed by atoms with Gasteiger partial charge in [-0.2, -0.15) is 0 Å². The van der Waals surface area contributed by atoms with Crippen molar-refractivity contribution in [3.05, 3.63) is 82.5 Å². The van der Waals surface area contributed by atoms with Gasteiger partial charge in [0.05, 0.1) is 0 Å². The fraction of sp³-hybridized carbons (Fsp3) is 0.400. The van der Waals surface area contributed by atoms with E-state index in [2.05, 4.69) is 65.0 Å². The van der Waals surface area contributed by atoms with Crippen molar-refractivity contribution in [2.45, 2.75) is 60.8 Å². The van der Waals surface area contributed by atoms with Crippen LogP contribution in [0.1, 0.15) is 60.8 Å². The van der Waals surface area contributed by atoms with Gasteiger partial charge in [0.25, 0.3) is 0 Å². The van der Waals surface area contributed by atoms with Gasteiger partial charge in [0.2, 0.25) is 0 Å². The molecule has 0 amide bonds. The Morgan fingerprint density at radius 3 is 2.08 bits per heavy atom. The summed E-state index contributed by atoms with van der Waals surface area (Å²) in [5, 5.41) is 0. The zero-order chi connectivity index (χ0) is 19.6. The summed E-state index contributed by atoms with van der Waals surface area (Å²) >= 11 is 0. The molecule has 0 spiro atoms. The number of aldehydes is 1. The summed E-state index contributed by atoms with van der Waals surface area (Å²) in [5.74, 6) is 0. The molecule has 0 unspecified atom stereocenters. The molecule has 1 heteroatoms. The molecule has 0 heterocycles. The summed E-state index contributed by atoms with van der Waals surface area (Å²) in [6.45, 7) is 13.0. The highest BCUT2D eigenvalue weighted by molar-refractivity contribution is 5.72. The molecule has 0 aliphatic heterocycles. The quantitative estimate of drug-likeness (QED) is 0.269. The second-order valence-corrected chi connectivity index (χ2v) is 7.86. The Labute approximate surface area is 160 Å². The molecule has 1 nitrogen and oxygen atoms in total. The number of rotatable bonds is 7. The first kappa shape index (κ1) is 21.9. The Balaban J connectivity index is 2.70. The molecule has 0 fully saturated rings. The molecule has 0 saturated carbocycles. The van der Waals surface area contributed by atoms with Crippen LogP contribution in [0.25, 0.3) is 0 Å². The van der Waals surface area contributed by atoms with E-state index in [-0.39, 0.29) is 5.41 Å². The number of carbonyl (C=O) groups excluding carboxylic acids is 1. The summed E-state index contributed by atoms with van der Waals surface area (Å²) in [5.41, 5.74) is 6.46. The zero-order valence-electron chi connectivity index (χ0n) is 17.3. The van der Waals surface area contributed by atoms with E-state index in [1.54, 1.807) is 13.0 Å². The predicted molar refractivity (Wildman–Crippen MR) is 115 cm³/mol. The molecule has 0 atom stereocenters. The lowest BCUT2D eigenvalue weighted by atomic mass is 9.72. The third kappa shape index (κ3) is 7.82. The van der Waals surface area contributed by atoms with Crippen LogP contribution in [-0.4, -0.2) is 6.29 Å². The summed E-state index contributed by atoms with van der Waals surface area (Å²) < 4.78 is 0. The molecular formula is C25H34O. The second-order valence-electron chi connectivity index (χ2n) is 7.86. The van der Waals surface area contributed by atoms with Crippen molar-refractivity contribution in [1.29, 1.82) is 0 Å². The van der Waals surface area contributed by atoms with Gasteiger partial charge in [-0.25, -0.2) is 0 Å². The fourth-order valence-corrected chi connectivity index (χ4v) is 3.14. The summed E-state index contributed by atoms with van der Waals surface area (Å²) in [4.78, 5) is 10.5. The van der Waals surface area contributed by atoms with Crippen LogP contribution in [0.4, 0.5) is 0 Å². The average Bonchev–Trinajstić information content (AvgIpc) is 2.57. The Hall–Kier alpha value is -2.15. The van der Waals surface area contributed by atoms with Crippen LogP contribution in [0.15, 0.2) is 82.5 Å². The minimum absolute atomic E-state index is 0.289. The highest BCUT2D eigenvalue weighted by Crippen LogP contribution is 2.40. The third-order valence-corrected chi connectivity index (χ3v) is 4.79. The standard InChI is InChI=1S/C25H34O/c1-20(11-7-8-12-22(3)19-26)13-9-14-21(2)16-17-24-23(4)15-10-18-25(24,5)6/h7-9,11-14,16-17,19H,10,15,18H2,1-6H3/b8-7+,13-9+,17-16+,20-11+,21-14-,22-12+. The lowest BCUT2D eigenvalue weighted by Crippen LogP contribution is -2.19. The van der Waals surface area contributed by atoms with Crippen molar-refractivity contribution in [1.82, 2.24) is 0 Å². The van der Waals surface area contributed by atoms with Gasteiger partial charge in [-0.1, -0.05) is 85.3 Å². The van der Waals surface area contributed by atoms with Crippen LogP contribution in [0.2, 0.25) is 0 Å². The first-order valence-corrected chi connectivity index (χ1v) is 9.46. The number of carbonyl (C=O) groups is 1. The fourth-order valence-electron chi connectivity index (χ4n) is 3.14. The smallest absolute Gasteiger partial charge is 0.145 e. The molecule has 0 radical (unpaired) electrons. The molecule has 26 heavy (non-hydrogen) atoms. The first-order chi connectivity index (χ1) is 12.3. The van der Waals surface area contributed by atoms with Crippen molar-refractivity contribution in [2.75, 3.05) is 0 Å². The summed E-state index contributed by atoms with van der Waals surface area (Å²) in [6, 6.07) is 0. The summed E-state index contributed by atoms with van der Waals surface area (Å²) in [7, 11) is 0. The van der Waals surface area contributed by atoms with E-state index in [0.29, 0.717) is 0 Å². The third-order valence-electron chi connectivity index (χ3n) is 4.79. The maximum atomic E-state index is 10.5. The molecule has 0 aromatic carbocycles. The van der Waals surface area contributed by atoms with Crippen molar-refractivity contribution in [3.63, 3.8) is 0 Å². The second kappa shape index (κ2) is 10.8. The number of hydrogen-bond donors (Lipinski definition) is 0. The normalized spacial score (nSPS) is 20.0. The minimum atomic E-state index is 0.289. The van der Waals surface area contributed by atoms with E-state index in [4.69, 9.17) is 0 Å².